The van der Waals surface area contributed by atoms with E-state index in [0.29, 0.717) is 24.3 Å². The first kappa shape index (κ1) is 16.3. The van der Waals surface area contributed by atoms with Gasteiger partial charge >= 0.3 is 0 Å². The van der Waals surface area contributed by atoms with Gasteiger partial charge in [0.25, 0.3) is 0 Å². The molecule has 1 saturated heterocycles. The zero-order chi connectivity index (χ0) is 16.9. The molecule has 2 aromatic rings. The summed E-state index contributed by atoms with van der Waals surface area (Å²) < 4.78 is 0. The Morgan fingerprint density at radius 3 is 2.88 bits per heavy atom. The van der Waals surface area contributed by atoms with Gasteiger partial charge in [-0.2, -0.15) is 10.4 Å². The Morgan fingerprint density at radius 2 is 2.21 bits per heavy atom. The highest BCUT2D eigenvalue weighted by Crippen LogP contribution is 2.26. The lowest BCUT2D eigenvalue weighted by Crippen LogP contribution is -2.39. The van der Waals surface area contributed by atoms with Gasteiger partial charge in [-0.25, -0.2) is 0 Å². The molecule has 1 amide bonds. The average molecular weight is 322 g/mol. The Balaban J connectivity index is 1.55. The van der Waals surface area contributed by atoms with E-state index in [9.17, 15) is 4.79 Å². The number of likely N-dealkylation sites (tertiary alicyclic amines) is 1. The van der Waals surface area contributed by atoms with Crippen molar-refractivity contribution < 1.29 is 4.79 Å². The first-order valence-electron chi connectivity index (χ1n) is 8.44. The van der Waals surface area contributed by atoms with E-state index in [1.54, 1.807) is 12.1 Å². The number of hydrogen-bond donors (Lipinski definition) is 1. The van der Waals surface area contributed by atoms with Crippen molar-refractivity contribution in [1.82, 2.24) is 15.1 Å². The molecule has 5 heteroatoms. The van der Waals surface area contributed by atoms with Crippen molar-refractivity contribution in [2.45, 2.75) is 38.5 Å². The van der Waals surface area contributed by atoms with E-state index in [0.717, 1.165) is 42.9 Å². The average Bonchev–Trinajstić information content (AvgIpc) is 3.06. The van der Waals surface area contributed by atoms with Crippen LogP contribution in [-0.2, 0) is 11.2 Å². The van der Waals surface area contributed by atoms with Crippen molar-refractivity contribution in [1.29, 1.82) is 5.26 Å². The third kappa shape index (κ3) is 3.83. The minimum atomic E-state index is 0.205. The molecule has 0 aliphatic carbocycles. The van der Waals surface area contributed by atoms with Gasteiger partial charge < -0.3 is 4.90 Å². The number of piperidine rings is 1. The van der Waals surface area contributed by atoms with E-state index in [4.69, 9.17) is 5.26 Å². The smallest absolute Gasteiger partial charge is 0.222 e. The molecular formula is C19H22N4O. The summed E-state index contributed by atoms with van der Waals surface area (Å²) in [5.74, 6) is 0.541. The number of aryl methyl sites for hydroxylation is 2. The van der Waals surface area contributed by atoms with Gasteiger partial charge in [0.05, 0.1) is 17.3 Å². The van der Waals surface area contributed by atoms with Gasteiger partial charge in [-0.3, -0.25) is 9.89 Å². The van der Waals surface area contributed by atoms with Crippen LogP contribution >= 0.6 is 0 Å². The number of carbonyl (C=O) groups excluding carboxylic acids is 1. The van der Waals surface area contributed by atoms with Gasteiger partial charge in [-0.1, -0.05) is 12.1 Å². The van der Waals surface area contributed by atoms with Gasteiger partial charge in [-0.05, 0) is 49.9 Å². The Bertz CT molecular complexity index is 741. The largest absolute Gasteiger partial charge is 0.342 e. The summed E-state index contributed by atoms with van der Waals surface area (Å²) in [6.07, 6.45) is 3.34. The second-order valence-electron chi connectivity index (χ2n) is 6.46. The predicted octanol–water partition coefficient (Wildman–Crippen LogP) is 2.93. The first-order chi connectivity index (χ1) is 11.7. The number of H-pyrrole nitrogens is 1. The normalized spacial score (nSPS) is 17.5. The number of nitrogens with one attached hydrogen (secondary N) is 1. The van der Waals surface area contributed by atoms with Crippen molar-refractivity contribution in [3.63, 3.8) is 0 Å². The van der Waals surface area contributed by atoms with Crippen LogP contribution in [0.1, 0.15) is 47.7 Å². The minimum Gasteiger partial charge on any atom is -0.342 e. The topological polar surface area (TPSA) is 72.8 Å². The summed E-state index contributed by atoms with van der Waals surface area (Å²) in [5, 5.41) is 16.2. The van der Waals surface area contributed by atoms with Crippen LogP contribution in [-0.4, -0.2) is 34.1 Å². The van der Waals surface area contributed by atoms with Crippen LogP contribution in [0, 0.1) is 18.3 Å². The maximum atomic E-state index is 12.5. The van der Waals surface area contributed by atoms with E-state index in [1.165, 1.54) is 0 Å². The number of nitrogens with zero attached hydrogens (tertiary/aromatic N) is 3. The molecule has 1 unspecified atom stereocenters. The van der Waals surface area contributed by atoms with E-state index >= 15 is 0 Å². The lowest BCUT2D eigenvalue weighted by Gasteiger charge is -2.32. The highest BCUT2D eigenvalue weighted by molar-refractivity contribution is 5.76. The molecular weight excluding hydrogens is 300 g/mol. The third-order valence-corrected chi connectivity index (χ3v) is 4.63. The summed E-state index contributed by atoms with van der Waals surface area (Å²) in [4.78, 5) is 14.5. The molecule has 1 aliphatic heterocycles. The Labute approximate surface area is 142 Å². The van der Waals surface area contributed by atoms with Crippen LogP contribution < -0.4 is 0 Å². The van der Waals surface area contributed by atoms with Crippen molar-refractivity contribution in [2.24, 2.45) is 0 Å². The van der Waals surface area contributed by atoms with Crippen LogP contribution in [0.5, 0.6) is 0 Å². The molecule has 0 saturated carbocycles. The molecule has 1 aromatic carbocycles. The predicted molar refractivity (Wildman–Crippen MR) is 91.4 cm³/mol. The van der Waals surface area contributed by atoms with Crippen molar-refractivity contribution >= 4 is 5.91 Å². The van der Waals surface area contributed by atoms with E-state index in [2.05, 4.69) is 22.3 Å². The van der Waals surface area contributed by atoms with Crippen LogP contribution in [0.25, 0.3) is 0 Å². The molecule has 0 radical (unpaired) electrons. The molecule has 0 spiro atoms. The lowest BCUT2D eigenvalue weighted by molar-refractivity contribution is -0.132. The number of nitriles is 1. The lowest BCUT2D eigenvalue weighted by atomic mass is 9.94. The maximum Gasteiger partial charge on any atom is 0.222 e. The standard InChI is InChI=1S/C19H22N4O/c1-14-11-18(22-21-14)17-3-2-10-23(13-17)19(24)9-8-15-4-6-16(12-20)7-5-15/h4-7,11,17H,2-3,8-10,13H2,1H3,(H,21,22). The number of aromatic amines is 1. The van der Waals surface area contributed by atoms with E-state index in [1.807, 2.05) is 24.0 Å². The fourth-order valence-corrected chi connectivity index (χ4v) is 3.25. The van der Waals surface area contributed by atoms with Gasteiger partial charge in [0.2, 0.25) is 5.91 Å². The highest BCUT2D eigenvalue weighted by atomic mass is 16.2. The third-order valence-electron chi connectivity index (χ3n) is 4.63. The zero-order valence-electron chi connectivity index (χ0n) is 14.0. The van der Waals surface area contributed by atoms with Crippen LogP contribution in [0.3, 0.4) is 0 Å². The summed E-state index contributed by atoms with van der Waals surface area (Å²) in [6.45, 7) is 3.60. The van der Waals surface area contributed by atoms with Crippen LogP contribution in [0.15, 0.2) is 30.3 Å². The Morgan fingerprint density at radius 1 is 1.42 bits per heavy atom. The molecule has 1 N–H and O–H groups in total. The molecule has 2 heterocycles. The van der Waals surface area contributed by atoms with Gasteiger partial charge in [0.15, 0.2) is 0 Å². The second kappa shape index (κ2) is 7.31. The summed E-state index contributed by atoms with van der Waals surface area (Å²) in [5.41, 5.74) is 3.88. The number of amides is 1. The highest BCUT2D eigenvalue weighted by Gasteiger charge is 2.25. The van der Waals surface area contributed by atoms with Crippen molar-refractivity contribution in [3.8, 4) is 6.07 Å². The minimum absolute atomic E-state index is 0.205. The number of benzene rings is 1. The SMILES string of the molecule is Cc1cc(C2CCCN(C(=O)CCc3ccc(C#N)cc3)C2)n[nH]1. The summed E-state index contributed by atoms with van der Waals surface area (Å²) >= 11 is 0. The fourth-order valence-electron chi connectivity index (χ4n) is 3.25. The van der Waals surface area contributed by atoms with Crippen LogP contribution in [0.2, 0.25) is 0 Å². The number of hydrogen-bond acceptors (Lipinski definition) is 3. The molecule has 5 nitrogen and oxygen atoms in total. The molecule has 0 bridgehead atoms. The number of rotatable bonds is 4. The monoisotopic (exact) mass is 322 g/mol. The van der Waals surface area contributed by atoms with Crippen LogP contribution in [0.4, 0.5) is 0 Å². The molecule has 1 aromatic heterocycles. The fraction of sp³-hybridized carbons (Fsp3) is 0.421. The number of aromatic nitrogens is 2. The molecule has 124 valence electrons. The van der Waals surface area contributed by atoms with Gasteiger partial charge in [0.1, 0.15) is 0 Å². The molecule has 1 atom stereocenters. The quantitative estimate of drug-likeness (QED) is 0.940. The Kier molecular flexibility index (Phi) is 4.95. The van der Waals surface area contributed by atoms with Gasteiger partial charge in [0, 0.05) is 31.1 Å². The van der Waals surface area contributed by atoms with Crippen molar-refractivity contribution in [3.05, 3.63) is 52.8 Å². The zero-order valence-corrected chi connectivity index (χ0v) is 14.0. The second-order valence-corrected chi connectivity index (χ2v) is 6.46. The summed E-state index contributed by atoms with van der Waals surface area (Å²) in [7, 11) is 0. The van der Waals surface area contributed by atoms with Gasteiger partial charge in [-0.15, -0.1) is 0 Å². The Hall–Kier alpha value is -2.61. The molecule has 24 heavy (non-hydrogen) atoms. The van der Waals surface area contributed by atoms with E-state index in [-0.39, 0.29) is 5.91 Å². The van der Waals surface area contributed by atoms with E-state index < -0.39 is 0 Å². The molecule has 1 aliphatic rings. The summed E-state index contributed by atoms with van der Waals surface area (Å²) in [6, 6.07) is 11.6. The first-order valence-corrected chi connectivity index (χ1v) is 8.44. The maximum absolute atomic E-state index is 12.5. The molecule has 3 rings (SSSR count). The molecule has 1 fully saturated rings. The van der Waals surface area contributed by atoms with Crippen molar-refractivity contribution in [2.75, 3.05) is 13.1 Å². The number of carbonyl (C=O) groups is 1.